The molecule has 0 fully saturated rings. The molecule has 0 spiro atoms. The molecule has 0 saturated heterocycles. The van der Waals surface area contributed by atoms with Crippen molar-refractivity contribution in [1.82, 2.24) is 0 Å². The highest BCUT2D eigenvalue weighted by atomic mass is 14.4. The maximum atomic E-state index is 2.49. The molecule has 0 unspecified atom stereocenters. The first-order valence-corrected chi connectivity index (χ1v) is 19.9. The van der Waals surface area contributed by atoms with Crippen molar-refractivity contribution in [2.75, 3.05) is 0 Å². The van der Waals surface area contributed by atoms with Gasteiger partial charge in [0.25, 0.3) is 0 Å². The lowest BCUT2D eigenvalue weighted by Crippen LogP contribution is -2.15. The maximum Gasteiger partial charge on any atom is 0.0159 e. The monoisotopic (exact) mass is 714 g/mol. The van der Waals surface area contributed by atoms with Crippen LogP contribution in [0.15, 0.2) is 182 Å². The smallest absolute Gasteiger partial charge is 0.0159 e. The summed E-state index contributed by atoms with van der Waals surface area (Å²) in [5.41, 5.74) is 21.0. The molecule has 0 heterocycles. The molecule has 0 heteroatoms. The summed E-state index contributed by atoms with van der Waals surface area (Å²) in [6.45, 7) is 9.55. The van der Waals surface area contributed by atoms with Crippen LogP contribution >= 0.6 is 0 Å². The lowest BCUT2D eigenvalue weighted by atomic mass is 9.79. The van der Waals surface area contributed by atoms with Crippen molar-refractivity contribution in [3.8, 4) is 66.8 Å². The normalized spacial score (nSPS) is 14.4. The van der Waals surface area contributed by atoms with Crippen molar-refractivity contribution in [3.63, 3.8) is 0 Å². The number of benzene rings is 9. The van der Waals surface area contributed by atoms with Crippen molar-refractivity contribution in [2.24, 2.45) is 0 Å². The van der Waals surface area contributed by atoms with E-state index in [1.54, 1.807) is 0 Å². The second-order valence-electron chi connectivity index (χ2n) is 16.9. The minimum atomic E-state index is -0.158. The highest BCUT2D eigenvalue weighted by molar-refractivity contribution is 6.21. The van der Waals surface area contributed by atoms with Gasteiger partial charge in [-0.05, 0) is 129 Å². The van der Waals surface area contributed by atoms with Gasteiger partial charge in [-0.3, -0.25) is 0 Å². The van der Waals surface area contributed by atoms with Gasteiger partial charge in [-0.15, -0.1) is 0 Å². The molecule has 0 aliphatic heterocycles. The Balaban J connectivity index is 1.02. The Morgan fingerprint density at radius 3 is 1.12 bits per heavy atom. The SMILES string of the molecule is CC1(C)c2ccccc2-c2ccc(-c3ccc4c(c3)C(C)(C)c3cc(-c5c6ccccc6c(-c6ccc(-c7ccccc7)cc6)c6ccccc56)ccc3-4)cc21. The van der Waals surface area contributed by atoms with Crippen LogP contribution in [-0.2, 0) is 10.8 Å². The Labute approximate surface area is 329 Å². The van der Waals surface area contributed by atoms with Gasteiger partial charge in [-0.25, -0.2) is 0 Å². The molecule has 0 nitrogen and oxygen atoms in total. The molecule has 11 rings (SSSR count). The molecule has 2 aliphatic carbocycles. The van der Waals surface area contributed by atoms with E-state index in [0.717, 1.165) is 0 Å². The quantitative estimate of drug-likeness (QED) is 0.159. The summed E-state index contributed by atoms with van der Waals surface area (Å²) in [6, 6.07) is 68.2. The van der Waals surface area contributed by atoms with Crippen LogP contribution in [0.5, 0.6) is 0 Å². The van der Waals surface area contributed by atoms with Gasteiger partial charge < -0.3 is 0 Å². The molecular weight excluding hydrogens is 673 g/mol. The summed E-state index contributed by atoms with van der Waals surface area (Å²) in [5.74, 6) is 0. The van der Waals surface area contributed by atoms with Crippen molar-refractivity contribution in [1.29, 1.82) is 0 Å². The van der Waals surface area contributed by atoms with E-state index in [4.69, 9.17) is 0 Å². The predicted octanol–water partition coefficient (Wildman–Crippen LogP) is 15.3. The van der Waals surface area contributed by atoms with Gasteiger partial charge in [0.2, 0.25) is 0 Å². The first kappa shape index (κ1) is 32.9. The van der Waals surface area contributed by atoms with Crippen LogP contribution in [0.1, 0.15) is 49.9 Å². The molecule has 0 N–H and O–H groups in total. The molecule has 0 atom stereocenters. The predicted molar refractivity (Wildman–Crippen MR) is 238 cm³/mol. The maximum absolute atomic E-state index is 2.49. The second kappa shape index (κ2) is 12.0. The van der Waals surface area contributed by atoms with E-state index < -0.39 is 0 Å². The fourth-order valence-corrected chi connectivity index (χ4v) is 10.2. The van der Waals surface area contributed by atoms with E-state index in [9.17, 15) is 0 Å². The highest BCUT2D eigenvalue weighted by Gasteiger charge is 2.37. The number of hydrogen-bond donors (Lipinski definition) is 0. The Hall–Kier alpha value is -6.50. The van der Waals surface area contributed by atoms with Crippen LogP contribution in [0.2, 0.25) is 0 Å². The van der Waals surface area contributed by atoms with Crippen molar-refractivity contribution in [3.05, 3.63) is 204 Å². The fourth-order valence-electron chi connectivity index (χ4n) is 10.2. The third-order valence-electron chi connectivity index (χ3n) is 13.1. The molecule has 0 saturated carbocycles. The third kappa shape index (κ3) is 4.72. The molecule has 266 valence electrons. The van der Waals surface area contributed by atoms with E-state index >= 15 is 0 Å². The number of rotatable bonds is 4. The minimum Gasteiger partial charge on any atom is -0.0622 e. The lowest BCUT2D eigenvalue weighted by Gasteiger charge is -2.24. The summed E-state index contributed by atoms with van der Waals surface area (Å²) < 4.78 is 0. The van der Waals surface area contributed by atoms with E-state index in [0.29, 0.717) is 0 Å². The van der Waals surface area contributed by atoms with Crippen LogP contribution in [-0.4, -0.2) is 0 Å². The van der Waals surface area contributed by atoms with E-state index in [2.05, 4.69) is 210 Å². The first-order chi connectivity index (χ1) is 27.3. The van der Waals surface area contributed by atoms with E-state index in [1.165, 1.54) is 111 Å². The lowest BCUT2D eigenvalue weighted by molar-refractivity contribution is 0.659. The van der Waals surface area contributed by atoms with Crippen LogP contribution in [0.3, 0.4) is 0 Å². The zero-order valence-corrected chi connectivity index (χ0v) is 32.3. The first-order valence-electron chi connectivity index (χ1n) is 19.9. The van der Waals surface area contributed by atoms with Gasteiger partial charge in [0.05, 0.1) is 0 Å². The topological polar surface area (TPSA) is 0 Å². The molecule has 9 aromatic carbocycles. The Kier molecular flexibility index (Phi) is 7.05. The highest BCUT2D eigenvalue weighted by Crippen LogP contribution is 2.53. The van der Waals surface area contributed by atoms with Gasteiger partial charge in [0, 0.05) is 10.8 Å². The average molecular weight is 715 g/mol. The van der Waals surface area contributed by atoms with Crippen LogP contribution < -0.4 is 0 Å². The minimum absolute atomic E-state index is 0.0237. The van der Waals surface area contributed by atoms with Gasteiger partial charge in [-0.2, -0.15) is 0 Å². The molecule has 2 aliphatic rings. The van der Waals surface area contributed by atoms with E-state index in [-0.39, 0.29) is 10.8 Å². The molecule has 9 aromatic rings. The van der Waals surface area contributed by atoms with Gasteiger partial charge in [-0.1, -0.05) is 191 Å². The summed E-state index contributed by atoms with van der Waals surface area (Å²) in [4.78, 5) is 0. The van der Waals surface area contributed by atoms with Gasteiger partial charge in [0.1, 0.15) is 0 Å². The summed E-state index contributed by atoms with van der Waals surface area (Å²) in [5, 5.41) is 5.13. The van der Waals surface area contributed by atoms with Crippen LogP contribution in [0, 0.1) is 0 Å². The summed E-state index contributed by atoms with van der Waals surface area (Å²) in [7, 11) is 0. The van der Waals surface area contributed by atoms with Crippen LogP contribution in [0.25, 0.3) is 88.3 Å². The second-order valence-corrected chi connectivity index (χ2v) is 16.9. The molecule has 0 aromatic heterocycles. The molecule has 0 amide bonds. The number of hydrogen-bond acceptors (Lipinski definition) is 0. The largest absolute Gasteiger partial charge is 0.0622 e. The van der Waals surface area contributed by atoms with Gasteiger partial charge >= 0.3 is 0 Å². The Morgan fingerprint density at radius 1 is 0.250 bits per heavy atom. The van der Waals surface area contributed by atoms with Crippen LogP contribution in [0.4, 0.5) is 0 Å². The molecule has 56 heavy (non-hydrogen) atoms. The van der Waals surface area contributed by atoms with Crippen molar-refractivity contribution in [2.45, 2.75) is 38.5 Å². The zero-order valence-electron chi connectivity index (χ0n) is 32.3. The van der Waals surface area contributed by atoms with Crippen molar-refractivity contribution < 1.29 is 0 Å². The van der Waals surface area contributed by atoms with E-state index in [1.807, 2.05) is 0 Å². The standard InChI is InChI=1S/C56H42/c1-55(2)49-21-13-12-16-41(49)42-29-26-38(32-50(42)55)39-27-30-43-44-31-28-40(34-52(44)56(3,4)51(43)33-39)54-47-19-10-8-17-45(47)53(46-18-9-11-20-48(46)54)37-24-22-36(23-25-37)35-14-6-5-7-15-35/h5-34H,1-4H3. The average Bonchev–Trinajstić information content (AvgIpc) is 3.61. The number of fused-ring (bicyclic) bond motifs is 8. The summed E-state index contributed by atoms with van der Waals surface area (Å²) >= 11 is 0. The zero-order chi connectivity index (χ0) is 37.8. The summed E-state index contributed by atoms with van der Waals surface area (Å²) in [6.07, 6.45) is 0. The molecule has 0 bridgehead atoms. The fraction of sp³-hybridized carbons (Fsp3) is 0.107. The van der Waals surface area contributed by atoms with Crippen molar-refractivity contribution >= 4 is 21.5 Å². The third-order valence-corrected chi connectivity index (χ3v) is 13.1. The Morgan fingerprint density at radius 2 is 0.589 bits per heavy atom. The Bertz CT molecular complexity index is 2990. The molecule has 0 radical (unpaired) electrons. The van der Waals surface area contributed by atoms with Gasteiger partial charge in [0.15, 0.2) is 0 Å². The molecular formula is C56H42.